The van der Waals surface area contributed by atoms with Crippen LogP contribution < -0.4 is 0 Å². The fraction of sp³-hybridized carbons (Fsp3) is 0.118. The molecule has 1 aliphatic carbocycles. The Balaban J connectivity index is 2.23. The summed E-state index contributed by atoms with van der Waals surface area (Å²) in [6.07, 6.45) is -0.302. The molecule has 3 nitrogen and oxygen atoms in total. The van der Waals surface area contributed by atoms with Gasteiger partial charge in [0.25, 0.3) is 0 Å². The third kappa shape index (κ3) is 2.12. The molecule has 100 valence electrons. The molecule has 2 aromatic carbocycles. The van der Waals surface area contributed by atoms with Crippen molar-refractivity contribution in [3.63, 3.8) is 0 Å². The van der Waals surface area contributed by atoms with E-state index >= 15 is 0 Å². The first kappa shape index (κ1) is 12.6. The van der Waals surface area contributed by atoms with Crippen LogP contribution >= 0.6 is 0 Å². The number of nitrogens with zero attached hydrogens (tertiary/aromatic N) is 1. The van der Waals surface area contributed by atoms with Gasteiger partial charge in [0, 0.05) is 12.0 Å². The predicted octanol–water partition coefficient (Wildman–Crippen LogP) is 3.19. The van der Waals surface area contributed by atoms with Crippen molar-refractivity contribution in [3.05, 3.63) is 71.8 Å². The van der Waals surface area contributed by atoms with Gasteiger partial charge in [-0.1, -0.05) is 65.8 Å². The molecule has 1 unspecified atom stereocenters. The Morgan fingerprint density at radius 3 is 1.95 bits per heavy atom. The summed E-state index contributed by atoms with van der Waals surface area (Å²) in [6.45, 7) is 0. The first-order valence-corrected chi connectivity index (χ1v) is 6.55. The molecule has 0 aromatic heterocycles. The molecule has 2 N–H and O–H groups in total. The van der Waals surface area contributed by atoms with Crippen LogP contribution in [0.5, 0.6) is 0 Å². The van der Waals surface area contributed by atoms with Gasteiger partial charge < -0.3 is 10.3 Å². The second-order valence-electron chi connectivity index (χ2n) is 4.79. The summed E-state index contributed by atoms with van der Waals surface area (Å²) in [5.74, 6) is 0. The molecule has 0 spiro atoms. The zero-order valence-electron chi connectivity index (χ0n) is 10.9. The van der Waals surface area contributed by atoms with E-state index in [9.17, 15) is 10.3 Å². The first-order chi connectivity index (χ1) is 9.81. The van der Waals surface area contributed by atoms with Crippen molar-refractivity contribution in [3.8, 4) is 0 Å². The van der Waals surface area contributed by atoms with Gasteiger partial charge >= 0.3 is 0 Å². The number of allylic oxidation sites excluding steroid dienone is 1. The Kier molecular flexibility index (Phi) is 3.35. The van der Waals surface area contributed by atoms with Gasteiger partial charge in [-0.15, -0.1) is 0 Å². The molecule has 0 radical (unpaired) electrons. The van der Waals surface area contributed by atoms with Gasteiger partial charge in [0.2, 0.25) is 0 Å². The molecule has 0 aliphatic heterocycles. The average molecular weight is 265 g/mol. The van der Waals surface area contributed by atoms with E-state index in [2.05, 4.69) is 5.16 Å². The molecule has 1 atom stereocenters. The summed E-state index contributed by atoms with van der Waals surface area (Å²) in [5, 5.41) is 22.9. The third-order valence-corrected chi connectivity index (χ3v) is 3.55. The second-order valence-corrected chi connectivity index (χ2v) is 4.79. The van der Waals surface area contributed by atoms with Gasteiger partial charge in [-0.3, -0.25) is 0 Å². The van der Waals surface area contributed by atoms with Gasteiger partial charge in [0.1, 0.15) is 0 Å². The smallest absolute Gasteiger partial charge is 0.0907 e. The highest BCUT2D eigenvalue weighted by Gasteiger charge is 2.31. The number of benzene rings is 2. The topological polar surface area (TPSA) is 52.8 Å². The van der Waals surface area contributed by atoms with E-state index < -0.39 is 6.10 Å². The molecular weight excluding hydrogens is 250 g/mol. The fourth-order valence-corrected chi connectivity index (χ4v) is 2.68. The molecule has 0 heterocycles. The van der Waals surface area contributed by atoms with Crippen LogP contribution in [0.1, 0.15) is 17.5 Å². The van der Waals surface area contributed by atoms with Gasteiger partial charge in [-0.2, -0.15) is 0 Å². The number of rotatable bonds is 2. The Morgan fingerprint density at radius 2 is 1.40 bits per heavy atom. The van der Waals surface area contributed by atoms with Crippen molar-refractivity contribution in [1.29, 1.82) is 0 Å². The molecule has 2 aromatic rings. The van der Waals surface area contributed by atoms with Crippen molar-refractivity contribution in [2.45, 2.75) is 12.5 Å². The van der Waals surface area contributed by atoms with Crippen LogP contribution in [-0.2, 0) is 0 Å². The maximum Gasteiger partial charge on any atom is 0.0907 e. The van der Waals surface area contributed by atoms with Gasteiger partial charge in [0.05, 0.1) is 11.8 Å². The molecule has 0 bridgehead atoms. The van der Waals surface area contributed by atoms with Gasteiger partial charge in [0.15, 0.2) is 0 Å². The quantitative estimate of drug-likeness (QED) is 0.647. The van der Waals surface area contributed by atoms with Gasteiger partial charge in [-0.05, 0) is 16.7 Å². The molecule has 3 rings (SSSR count). The van der Waals surface area contributed by atoms with E-state index in [1.165, 1.54) is 0 Å². The highest BCUT2D eigenvalue weighted by Crippen LogP contribution is 2.38. The Labute approximate surface area is 117 Å². The summed E-state index contributed by atoms with van der Waals surface area (Å²) < 4.78 is 0. The monoisotopic (exact) mass is 265 g/mol. The summed E-state index contributed by atoms with van der Waals surface area (Å²) in [6, 6.07) is 19.5. The molecule has 0 saturated heterocycles. The minimum atomic E-state index is -0.640. The largest absolute Gasteiger partial charge is 0.411 e. The van der Waals surface area contributed by atoms with Crippen molar-refractivity contribution in [1.82, 2.24) is 0 Å². The minimum Gasteiger partial charge on any atom is -0.411 e. The normalized spacial score (nSPS) is 20.6. The van der Waals surface area contributed by atoms with Crippen LogP contribution in [0, 0.1) is 0 Å². The van der Waals surface area contributed by atoms with E-state index in [0.29, 0.717) is 12.1 Å². The van der Waals surface area contributed by atoms with E-state index in [-0.39, 0.29) is 0 Å². The lowest BCUT2D eigenvalue weighted by atomic mass is 9.96. The van der Waals surface area contributed by atoms with E-state index in [1.807, 2.05) is 60.7 Å². The molecule has 3 heteroatoms. The fourth-order valence-electron chi connectivity index (χ4n) is 2.68. The molecule has 20 heavy (non-hydrogen) atoms. The summed E-state index contributed by atoms with van der Waals surface area (Å²) in [4.78, 5) is 0. The van der Waals surface area contributed by atoms with Crippen molar-refractivity contribution < 1.29 is 10.3 Å². The first-order valence-electron chi connectivity index (χ1n) is 6.55. The highest BCUT2D eigenvalue weighted by atomic mass is 16.4. The highest BCUT2D eigenvalue weighted by molar-refractivity contribution is 6.34. The molecule has 1 aliphatic rings. The maximum absolute atomic E-state index is 10.3. The zero-order chi connectivity index (χ0) is 13.9. The van der Waals surface area contributed by atoms with Crippen LogP contribution in [0.15, 0.2) is 65.8 Å². The number of hydrogen-bond acceptors (Lipinski definition) is 3. The van der Waals surface area contributed by atoms with E-state index in [0.717, 1.165) is 22.3 Å². The minimum absolute atomic E-state index is 0.338. The number of oxime groups is 1. The van der Waals surface area contributed by atoms with E-state index in [4.69, 9.17) is 0 Å². The lowest BCUT2D eigenvalue weighted by molar-refractivity contribution is 0.242. The molecular formula is C17H15NO2. The average Bonchev–Trinajstić information content (AvgIpc) is 2.85. The second kappa shape index (κ2) is 5.31. The maximum atomic E-state index is 10.3. The molecule has 0 fully saturated rings. The van der Waals surface area contributed by atoms with Crippen LogP contribution in [0.4, 0.5) is 0 Å². The van der Waals surface area contributed by atoms with Crippen LogP contribution in [0.3, 0.4) is 0 Å². The van der Waals surface area contributed by atoms with Crippen molar-refractivity contribution in [2.75, 3.05) is 0 Å². The predicted molar refractivity (Wildman–Crippen MR) is 79.5 cm³/mol. The Hall–Kier alpha value is -2.39. The number of aliphatic hydroxyl groups is 1. The standard InChI is InChI=1S/C17H15NO2/c19-15-11-14(18-20)16(12-7-3-1-4-8-12)17(15)13-9-5-2-6-10-13/h1-10,15,19-20H,11H2/b18-14+. The third-order valence-electron chi connectivity index (χ3n) is 3.55. The van der Waals surface area contributed by atoms with E-state index in [1.54, 1.807) is 0 Å². The molecule has 0 saturated carbocycles. The van der Waals surface area contributed by atoms with Crippen LogP contribution in [-0.4, -0.2) is 22.1 Å². The lowest BCUT2D eigenvalue weighted by Crippen LogP contribution is -2.05. The molecule has 0 amide bonds. The van der Waals surface area contributed by atoms with Crippen LogP contribution in [0.25, 0.3) is 11.1 Å². The summed E-state index contributed by atoms with van der Waals surface area (Å²) >= 11 is 0. The SMILES string of the molecule is O/N=C1\CC(O)C(c2ccccc2)=C1c1ccccc1. The van der Waals surface area contributed by atoms with Crippen molar-refractivity contribution in [2.24, 2.45) is 5.16 Å². The number of hydrogen-bond donors (Lipinski definition) is 2. The lowest BCUT2D eigenvalue weighted by Gasteiger charge is -2.10. The summed E-state index contributed by atoms with van der Waals surface area (Å²) in [7, 11) is 0. The summed E-state index contributed by atoms with van der Waals surface area (Å²) in [5.41, 5.74) is 4.09. The number of aliphatic hydroxyl groups excluding tert-OH is 1. The van der Waals surface area contributed by atoms with Crippen LogP contribution in [0.2, 0.25) is 0 Å². The Morgan fingerprint density at radius 1 is 0.850 bits per heavy atom. The van der Waals surface area contributed by atoms with Crippen molar-refractivity contribution >= 4 is 16.9 Å². The zero-order valence-corrected chi connectivity index (χ0v) is 10.9. The Bertz CT molecular complexity index is 660. The van der Waals surface area contributed by atoms with Gasteiger partial charge in [-0.25, -0.2) is 0 Å².